The van der Waals surface area contributed by atoms with Gasteiger partial charge in [0.15, 0.2) is 5.41 Å². The van der Waals surface area contributed by atoms with Crippen molar-refractivity contribution in [2.75, 3.05) is 21.3 Å². The van der Waals surface area contributed by atoms with Crippen LogP contribution in [0.15, 0.2) is 42.0 Å². The van der Waals surface area contributed by atoms with Gasteiger partial charge in [0.25, 0.3) is 0 Å². The Morgan fingerprint density at radius 2 is 1.62 bits per heavy atom. The fourth-order valence-electron chi connectivity index (χ4n) is 2.88. The molecule has 1 aliphatic rings. The van der Waals surface area contributed by atoms with Crippen molar-refractivity contribution in [2.24, 2.45) is 5.41 Å². The summed E-state index contributed by atoms with van der Waals surface area (Å²) in [6, 6.07) is 7.63. The van der Waals surface area contributed by atoms with Crippen molar-refractivity contribution in [3.63, 3.8) is 0 Å². The Labute approximate surface area is 141 Å². The number of esters is 2. The van der Waals surface area contributed by atoms with Crippen molar-refractivity contribution in [1.82, 2.24) is 0 Å². The minimum absolute atomic E-state index is 0.277. The summed E-state index contributed by atoms with van der Waals surface area (Å²) in [5.41, 5.74) is 0.662. The van der Waals surface area contributed by atoms with E-state index in [1.54, 1.807) is 7.11 Å². The number of ether oxygens (including phenoxy) is 3. The van der Waals surface area contributed by atoms with E-state index in [9.17, 15) is 9.59 Å². The van der Waals surface area contributed by atoms with E-state index >= 15 is 0 Å². The van der Waals surface area contributed by atoms with Crippen LogP contribution >= 0.6 is 0 Å². The lowest BCUT2D eigenvalue weighted by Crippen LogP contribution is -2.42. The first-order valence-corrected chi connectivity index (χ1v) is 7.74. The largest absolute Gasteiger partial charge is 0.497 e. The van der Waals surface area contributed by atoms with E-state index in [-0.39, 0.29) is 6.42 Å². The highest BCUT2D eigenvalue weighted by molar-refractivity contribution is 6.00. The second-order valence-corrected chi connectivity index (χ2v) is 5.67. The van der Waals surface area contributed by atoms with E-state index in [2.05, 4.69) is 0 Å². The number of hydrogen-bond donors (Lipinski definition) is 0. The maximum atomic E-state index is 12.2. The Morgan fingerprint density at radius 1 is 1.00 bits per heavy atom. The molecule has 128 valence electrons. The van der Waals surface area contributed by atoms with Gasteiger partial charge in [0, 0.05) is 0 Å². The van der Waals surface area contributed by atoms with Gasteiger partial charge in [-0.2, -0.15) is 0 Å². The van der Waals surface area contributed by atoms with Gasteiger partial charge in [-0.15, -0.1) is 0 Å². The molecule has 1 aromatic carbocycles. The van der Waals surface area contributed by atoms with Crippen molar-refractivity contribution in [3.05, 3.63) is 47.6 Å². The number of methoxy groups -OCH3 is 3. The van der Waals surface area contributed by atoms with E-state index in [0.29, 0.717) is 12.8 Å². The van der Waals surface area contributed by atoms with Gasteiger partial charge in [0.05, 0.1) is 21.3 Å². The fraction of sp³-hybridized carbons (Fsp3) is 0.368. The molecule has 0 unspecified atom stereocenters. The van der Waals surface area contributed by atoms with Gasteiger partial charge in [-0.1, -0.05) is 35.9 Å². The van der Waals surface area contributed by atoms with E-state index in [1.807, 2.05) is 42.5 Å². The van der Waals surface area contributed by atoms with Crippen molar-refractivity contribution in [2.45, 2.75) is 19.3 Å². The number of carbonyl (C=O) groups excluding carboxylic acids is 2. The van der Waals surface area contributed by atoms with E-state index in [4.69, 9.17) is 14.2 Å². The average molecular weight is 330 g/mol. The highest BCUT2D eigenvalue weighted by Gasteiger charge is 2.49. The van der Waals surface area contributed by atoms with Crippen LogP contribution in [0.25, 0.3) is 6.08 Å². The predicted molar refractivity (Wildman–Crippen MR) is 90.4 cm³/mol. The molecule has 1 aromatic rings. The molecule has 5 nitrogen and oxygen atoms in total. The molecule has 0 saturated heterocycles. The van der Waals surface area contributed by atoms with Gasteiger partial charge < -0.3 is 14.2 Å². The first kappa shape index (κ1) is 17.8. The van der Waals surface area contributed by atoms with Crippen molar-refractivity contribution in [1.29, 1.82) is 0 Å². The topological polar surface area (TPSA) is 61.8 Å². The van der Waals surface area contributed by atoms with Crippen LogP contribution in [0.5, 0.6) is 5.75 Å². The molecule has 5 heteroatoms. The van der Waals surface area contributed by atoms with Crippen LogP contribution in [0, 0.1) is 5.41 Å². The minimum Gasteiger partial charge on any atom is -0.497 e. The third-order valence-electron chi connectivity index (χ3n) is 4.24. The molecule has 0 aromatic heterocycles. The van der Waals surface area contributed by atoms with Crippen LogP contribution in [-0.4, -0.2) is 33.3 Å². The van der Waals surface area contributed by atoms with Gasteiger partial charge in [-0.3, -0.25) is 9.59 Å². The van der Waals surface area contributed by atoms with Crippen LogP contribution in [0.4, 0.5) is 0 Å². The normalized spacial score (nSPS) is 16.4. The Hall–Kier alpha value is -2.56. The Kier molecular flexibility index (Phi) is 5.79. The molecule has 0 bridgehead atoms. The second kappa shape index (κ2) is 7.81. The third kappa shape index (κ3) is 3.67. The van der Waals surface area contributed by atoms with Gasteiger partial charge in [0.1, 0.15) is 5.75 Å². The van der Waals surface area contributed by atoms with Gasteiger partial charge in [0.2, 0.25) is 0 Å². The van der Waals surface area contributed by atoms with Crippen molar-refractivity contribution in [3.8, 4) is 5.75 Å². The third-order valence-corrected chi connectivity index (χ3v) is 4.24. The molecule has 0 heterocycles. The van der Waals surface area contributed by atoms with Crippen molar-refractivity contribution >= 4 is 18.0 Å². The highest BCUT2D eigenvalue weighted by Crippen LogP contribution is 2.39. The molecular formula is C19H22O5. The second-order valence-electron chi connectivity index (χ2n) is 5.67. The lowest BCUT2D eigenvalue weighted by Gasteiger charge is -2.31. The minimum atomic E-state index is -1.25. The van der Waals surface area contributed by atoms with Crippen molar-refractivity contribution < 1.29 is 23.8 Å². The van der Waals surface area contributed by atoms with Crippen LogP contribution in [0.1, 0.15) is 24.8 Å². The molecule has 1 aliphatic carbocycles. The molecule has 0 spiro atoms. The van der Waals surface area contributed by atoms with Gasteiger partial charge in [-0.25, -0.2) is 0 Å². The zero-order valence-electron chi connectivity index (χ0n) is 14.2. The molecule has 0 radical (unpaired) electrons. The molecule has 0 fully saturated rings. The molecular weight excluding hydrogens is 308 g/mol. The molecule has 0 N–H and O–H groups in total. The number of benzene rings is 1. The molecule has 0 aliphatic heterocycles. The summed E-state index contributed by atoms with van der Waals surface area (Å²) in [6.07, 6.45) is 7.18. The lowest BCUT2D eigenvalue weighted by atomic mass is 9.73. The summed E-state index contributed by atoms with van der Waals surface area (Å²) in [5.74, 6) is -0.296. The smallest absolute Gasteiger partial charge is 0.323 e. The van der Waals surface area contributed by atoms with Crippen LogP contribution in [0.2, 0.25) is 0 Å². The van der Waals surface area contributed by atoms with E-state index in [1.165, 1.54) is 14.2 Å². The maximum Gasteiger partial charge on any atom is 0.323 e. The number of hydrogen-bond acceptors (Lipinski definition) is 5. The number of allylic oxidation sites excluding steroid dienone is 3. The van der Waals surface area contributed by atoms with E-state index in [0.717, 1.165) is 16.9 Å². The lowest BCUT2D eigenvalue weighted by molar-refractivity contribution is -0.170. The van der Waals surface area contributed by atoms with Crippen LogP contribution in [0.3, 0.4) is 0 Å². The summed E-state index contributed by atoms with van der Waals surface area (Å²) >= 11 is 0. The zero-order valence-corrected chi connectivity index (χ0v) is 14.2. The summed E-state index contributed by atoms with van der Waals surface area (Å²) in [6.45, 7) is 0. The predicted octanol–water partition coefficient (Wildman–Crippen LogP) is 3.15. The SMILES string of the molecule is COC(=O)C1(C(=O)OC)CCC=C(/C=C\c2ccc(OC)cc2)C1. The molecule has 0 atom stereocenters. The maximum absolute atomic E-state index is 12.2. The van der Waals surface area contributed by atoms with Gasteiger partial charge in [-0.05, 0) is 37.0 Å². The van der Waals surface area contributed by atoms with Gasteiger partial charge >= 0.3 is 11.9 Å². The standard InChI is InChI=1S/C19H22O5/c1-22-16-10-8-14(9-11-16)6-7-15-5-4-12-19(13-15,17(20)23-2)18(21)24-3/h5-11H,4,12-13H2,1-3H3/b7-6-. The summed E-state index contributed by atoms with van der Waals surface area (Å²) in [5, 5.41) is 0. The first-order valence-electron chi connectivity index (χ1n) is 7.74. The fourth-order valence-corrected chi connectivity index (χ4v) is 2.88. The first-order chi connectivity index (χ1) is 11.6. The van der Waals surface area contributed by atoms with Crippen LogP contribution < -0.4 is 4.74 Å². The average Bonchev–Trinajstić information content (AvgIpc) is 2.65. The number of carbonyl (C=O) groups is 2. The monoisotopic (exact) mass is 330 g/mol. The number of rotatable bonds is 5. The summed E-state index contributed by atoms with van der Waals surface area (Å²) < 4.78 is 14.8. The Balaban J connectivity index is 2.18. The Morgan fingerprint density at radius 3 is 2.17 bits per heavy atom. The summed E-state index contributed by atoms with van der Waals surface area (Å²) in [7, 11) is 4.20. The Bertz CT molecular complexity index is 639. The molecule has 2 rings (SSSR count). The van der Waals surface area contributed by atoms with Crippen LogP contribution in [-0.2, 0) is 19.1 Å². The molecule has 24 heavy (non-hydrogen) atoms. The molecule has 0 amide bonds. The van der Waals surface area contributed by atoms with E-state index < -0.39 is 17.4 Å². The molecule has 0 saturated carbocycles. The quantitative estimate of drug-likeness (QED) is 0.613. The highest BCUT2D eigenvalue weighted by atomic mass is 16.5. The zero-order chi connectivity index (χ0) is 17.6. The summed E-state index contributed by atoms with van der Waals surface area (Å²) in [4.78, 5) is 24.4.